The predicted octanol–water partition coefficient (Wildman–Crippen LogP) is 1.48. The van der Waals surface area contributed by atoms with E-state index >= 15 is 0 Å². The molecule has 0 saturated carbocycles. The van der Waals surface area contributed by atoms with Crippen LogP contribution in [0.3, 0.4) is 0 Å². The Hall–Kier alpha value is -3.49. The largest absolute Gasteiger partial charge is 0.507 e. The van der Waals surface area contributed by atoms with Crippen molar-refractivity contribution in [3.63, 3.8) is 0 Å². The van der Waals surface area contributed by atoms with Crippen molar-refractivity contribution >= 4 is 23.4 Å². The summed E-state index contributed by atoms with van der Waals surface area (Å²) in [5.74, 6) is -2.25. The number of benzene rings is 2. The molecule has 0 aliphatic carbocycles. The van der Waals surface area contributed by atoms with Gasteiger partial charge in [0, 0.05) is 25.2 Å². The Morgan fingerprint density at radius 3 is 2.32 bits per heavy atom. The molecule has 2 aromatic rings. The number of aliphatic hydroxyl groups is 2. The topological polar surface area (TPSA) is 116 Å². The van der Waals surface area contributed by atoms with Gasteiger partial charge in [0.15, 0.2) is 0 Å². The van der Waals surface area contributed by atoms with Crippen LogP contribution in [0.4, 0.5) is 0 Å². The van der Waals surface area contributed by atoms with Gasteiger partial charge in [-0.3, -0.25) is 9.59 Å². The van der Waals surface area contributed by atoms with Crippen LogP contribution in [0.25, 0.3) is 5.76 Å². The van der Waals surface area contributed by atoms with E-state index < -0.39 is 23.7 Å². The minimum absolute atomic E-state index is 0.0100. The van der Waals surface area contributed by atoms with Gasteiger partial charge in [-0.25, -0.2) is 4.79 Å². The Bertz CT molecular complexity index is 985. The van der Waals surface area contributed by atoms with Gasteiger partial charge in [0.1, 0.15) is 5.76 Å². The summed E-state index contributed by atoms with van der Waals surface area (Å²) < 4.78 is 4.71. The molecule has 3 rings (SSSR count). The van der Waals surface area contributed by atoms with Crippen molar-refractivity contribution in [1.82, 2.24) is 10.2 Å². The molecule has 1 heterocycles. The molecule has 0 radical (unpaired) electrons. The summed E-state index contributed by atoms with van der Waals surface area (Å²) in [6, 6.07) is 14.1. The molecule has 2 aromatic carbocycles. The van der Waals surface area contributed by atoms with Crippen LogP contribution < -0.4 is 5.32 Å². The Balaban J connectivity index is 2.05. The average Bonchev–Trinajstić information content (AvgIpc) is 3.06. The highest BCUT2D eigenvalue weighted by Gasteiger charge is 2.45. The minimum Gasteiger partial charge on any atom is -0.507 e. The predicted molar refractivity (Wildman–Crippen MR) is 113 cm³/mol. The van der Waals surface area contributed by atoms with Gasteiger partial charge >= 0.3 is 5.97 Å². The maximum absolute atomic E-state index is 12.9. The third-order valence-corrected chi connectivity index (χ3v) is 5.05. The van der Waals surface area contributed by atoms with E-state index in [-0.39, 0.29) is 24.5 Å². The van der Waals surface area contributed by atoms with Crippen LogP contribution in [-0.2, 0) is 14.3 Å². The van der Waals surface area contributed by atoms with Crippen LogP contribution in [0.1, 0.15) is 27.5 Å². The number of methoxy groups -OCH3 is 1. The summed E-state index contributed by atoms with van der Waals surface area (Å²) >= 11 is 0. The zero-order valence-corrected chi connectivity index (χ0v) is 17.1. The molecule has 1 fully saturated rings. The van der Waals surface area contributed by atoms with Crippen LogP contribution >= 0.6 is 0 Å². The van der Waals surface area contributed by atoms with Crippen molar-refractivity contribution < 1.29 is 29.3 Å². The standard InChI is InChI=1S/C23H24N2O6/c1-31-23(30)17-9-7-15(8-10-17)19-18(20(27)16-5-3-2-4-6-16)21(28)22(29)25(19)13-11-24-12-14-26/h2-10,19,24,26-27H,11-14H2,1H3/t19-/m0/s1. The highest BCUT2D eigenvalue weighted by atomic mass is 16.5. The number of hydrogen-bond acceptors (Lipinski definition) is 7. The molecular formula is C23H24N2O6. The molecule has 1 aliphatic rings. The smallest absolute Gasteiger partial charge is 0.337 e. The second-order valence-corrected chi connectivity index (χ2v) is 6.95. The Kier molecular flexibility index (Phi) is 7.17. The maximum atomic E-state index is 12.9. The summed E-state index contributed by atoms with van der Waals surface area (Å²) in [7, 11) is 1.28. The molecule has 1 aliphatic heterocycles. The van der Waals surface area contributed by atoms with Gasteiger partial charge in [0.05, 0.1) is 30.9 Å². The fourth-order valence-electron chi connectivity index (χ4n) is 3.53. The molecule has 0 bridgehead atoms. The highest BCUT2D eigenvalue weighted by Crippen LogP contribution is 2.39. The number of ketones is 1. The summed E-state index contributed by atoms with van der Waals surface area (Å²) in [6.45, 7) is 0.854. The maximum Gasteiger partial charge on any atom is 0.337 e. The van der Waals surface area contributed by atoms with E-state index in [2.05, 4.69) is 5.32 Å². The number of likely N-dealkylation sites (tertiary alicyclic amines) is 1. The molecule has 0 spiro atoms. The van der Waals surface area contributed by atoms with Gasteiger partial charge in [-0.05, 0) is 17.7 Å². The van der Waals surface area contributed by atoms with E-state index in [1.165, 1.54) is 12.0 Å². The molecule has 1 saturated heterocycles. The summed E-state index contributed by atoms with van der Waals surface area (Å²) in [5, 5.41) is 22.8. The normalized spacial score (nSPS) is 17.7. The Morgan fingerprint density at radius 2 is 1.71 bits per heavy atom. The molecule has 1 amide bonds. The molecule has 1 atom stereocenters. The lowest BCUT2D eigenvalue weighted by Gasteiger charge is -2.25. The van der Waals surface area contributed by atoms with Crippen molar-refractivity contribution in [2.75, 3.05) is 33.4 Å². The summed E-state index contributed by atoms with van der Waals surface area (Å²) in [4.78, 5) is 38.8. The molecular weight excluding hydrogens is 400 g/mol. The molecule has 8 nitrogen and oxygen atoms in total. The number of rotatable bonds is 8. The molecule has 0 unspecified atom stereocenters. The van der Waals surface area contributed by atoms with Crippen molar-refractivity contribution in [2.24, 2.45) is 0 Å². The number of carbonyl (C=O) groups is 3. The molecule has 162 valence electrons. The third kappa shape index (κ3) is 4.65. The number of carbonyl (C=O) groups excluding carboxylic acids is 3. The lowest BCUT2D eigenvalue weighted by molar-refractivity contribution is -0.139. The van der Waals surface area contributed by atoms with Gasteiger partial charge in [-0.15, -0.1) is 0 Å². The van der Waals surface area contributed by atoms with Crippen molar-refractivity contribution in [2.45, 2.75) is 6.04 Å². The zero-order chi connectivity index (χ0) is 22.4. The van der Waals surface area contributed by atoms with E-state index in [9.17, 15) is 19.5 Å². The third-order valence-electron chi connectivity index (χ3n) is 5.05. The first kappa shape index (κ1) is 22.2. The fraction of sp³-hybridized carbons (Fsp3) is 0.261. The van der Waals surface area contributed by atoms with E-state index in [1.807, 2.05) is 0 Å². The number of nitrogens with zero attached hydrogens (tertiary/aromatic N) is 1. The van der Waals surface area contributed by atoms with E-state index in [0.29, 0.717) is 29.8 Å². The average molecular weight is 424 g/mol. The van der Waals surface area contributed by atoms with Crippen LogP contribution in [0, 0.1) is 0 Å². The van der Waals surface area contributed by atoms with Gasteiger partial charge in [-0.1, -0.05) is 42.5 Å². The van der Waals surface area contributed by atoms with Crippen molar-refractivity contribution in [3.05, 3.63) is 76.9 Å². The van der Waals surface area contributed by atoms with Crippen LogP contribution in [-0.4, -0.2) is 66.1 Å². The van der Waals surface area contributed by atoms with Crippen LogP contribution in [0.5, 0.6) is 0 Å². The number of Topliss-reactive ketones (excluding diaryl/α,β-unsaturated/α-hetero) is 1. The SMILES string of the molecule is COC(=O)c1ccc([C@H]2C(=C(O)c3ccccc3)C(=O)C(=O)N2CCNCCO)cc1. The number of ether oxygens (including phenoxy) is 1. The molecule has 3 N–H and O–H groups in total. The fourth-order valence-corrected chi connectivity index (χ4v) is 3.53. The number of aliphatic hydroxyl groups excluding tert-OH is 2. The first-order valence-electron chi connectivity index (χ1n) is 9.83. The van der Waals surface area contributed by atoms with E-state index in [0.717, 1.165) is 0 Å². The molecule has 31 heavy (non-hydrogen) atoms. The van der Waals surface area contributed by atoms with Crippen molar-refractivity contribution in [3.8, 4) is 0 Å². The first-order valence-corrected chi connectivity index (χ1v) is 9.83. The second-order valence-electron chi connectivity index (χ2n) is 6.95. The number of amides is 1. The van der Waals surface area contributed by atoms with Gasteiger partial charge in [-0.2, -0.15) is 0 Å². The van der Waals surface area contributed by atoms with Crippen molar-refractivity contribution in [1.29, 1.82) is 0 Å². The first-order chi connectivity index (χ1) is 15.0. The zero-order valence-electron chi connectivity index (χ0n) is 17.1. The van der Waals surface area contributed by atoms with Gasteiger partial charge < -0.3 is 25.2 Å². The monoisotopic (exact) mass is 424 g/mol. The lowest BCUT2D eigenvalue weighted by atomic mass is 9.94. The second kappa shape index (κ2) is 10.0. The number of hydrogen-bond donors (Lipinski definition) is 3. The van der Waals surface area contributed by atoms with Crippen LogP contribution in [0.15, 0.2) is 60.2 Å². The van der Waals surface area contributed by atoms with E-state index in [4.69, 9.17) is 9.84 Å². The number of nitrogens with one attached hydrogen (secondary N) is 1. The van der Waals surface area contributed by atoms with E-state index in [1.54, 1.807) is 54.6 Å². The van der Waals surface area contributed by atoms with Crippen LogP contribution in [0.2, 0.25) is 0 Å². The summed E-state index contributed by atoms with van der Waals surface area (Å²) in [5.41, 5.74) is 1.32. The Morgan fingerprint density at radius 1 is 1.03 bits per heavy atom. The number of esters is 1. The van der Waals surface area contributed by atoms with Gasteiger partial charge in [0.2, 0.25) is 0 Å². The van der Waals surface area contributed by atoms with Gasteiger partial charge in [0.25, 0.3) is 11.7 Å². The molecule has 8 heteroatoms. The Labute approximate surface area is 179 Å². The highest BCUT2D eigenvalue weighted by molar-refractivity contribution is 6.46. The summed E-state index contributed by atoms with van der Waals surface area (Å²) in [6.07, 6.45) is 0. The lowest BCUT2D eigenvalue weighted by Crippen LogP contribution is -2.36. The quantitative estimate of drug-likeness (QED) is 0.193. The molecule has 0 aromatic heterocycles. The minimum atomic E-state index is -0.817.